The Morgan fingerprint density at radius 2 is 1.86 bits per heavy atom. The molecule has 1 amide bonds. The average Bonchev–Trinajstić information content (AvgIpc) is 2.45. The lowest BCUT2D eigenvalue weighted by molar-refractivity contribution is -0.134. The number of piperazine rings is 1. The van der Waals surface area contributed by atoms with E-state index < -0.39 is 0 Å². The number of nitrogens with zero attached hydrogens (tertiary/aromatic N) is 3. The van der Waals surface area contributed by atoms with Crippen molar-refractivity contribution in [1.29, 1.82) is 0 Å². The highest BCUT2D eigenvalue weighted by molar-refractivity contribution is 5.79. The smallest absolute Gasteiger partial charge is 0.236 e. The minimum atomic E-state index is 0.0238. The Labute approximate surface area is 133 Å². The zero-order valence-electron chi connectivity index (χ0n) is 14.3. The van der Waals surface area contributed by atoms with Gasteiger partial charge in [-0.2, -0.15) is 0 Å². The molecule has 0 saturated carbocycles. The largest absolute Gasteiger partial charge is 0.353 e. The van der Waals surface area contributed by atoms with Gasteiger partial charge in [0.25, 0.3) is 0 Å². The van der Waals surface area contributed by atoms with Gasteiger partial charge in [0, 0.05) is 31.4 Å². The Morgan fingerprint density at radius 3 is 2.27 bits per heavy atom. The molecule has 2 N–H and O–H groups in total. The first-order valence-electron chi connectivity index (χ1n) is 7.96. The molecule has 5 heteroatoms. The first-order valence-corrected chi connectivity index (χ1v) is 7.96. The number of nitrogens with two attached hydrogens (primary N) is 1. The van der Waals surface area contributed by atoms with Crippen LogP contribution in [-0.4, -0.2) is 47.5 Å². The number of carbonyl (C=O) groups excluding carboxylic acids is 1. The minimum absolute atomic E-state index is 0.0238. The van der Waals surface area contributed by atoms with Gasteiger partial charge < -0.3 is 15.5 Å². The number of rotatable bonds is 2. The predicted octanol–water partition coefficient (Wildman–Crippen LogP) is 1.76. The van der Waals surface area contributed by atoms with Crippen LogP contribution in [0.4, 0.5) is 5.82 Å². The van der Waals surface area contributed by atoms with Crippen LogP contribution in [0.15, 0.2) is 18.3 Å². The topological polar surface area (TPSA) is 62.5 Å². The lowest BCUT2D eigenvalue weighted by atomic mass is 9.88. The minimum Gasteiger partial charge on any atom is -0.353 e. The molecule has 1 aromatic rings. The summed E-state index contributed by atoms with van der Waals surface area (Å²) >= 11 is 0. The second-order valence-electron chi connectivity index (χ2n) is 7.26. The van der Waals surface area contributed by atoms with E-state index in [0.29, 0.717) is 0 Å². The van der Waals surface area contributed by atoms with E-state index in [2.05, 4.69) is 56.6 Å². The second kappa shape index (κ2) is 6.24. The molecule has 0 bridgehead atoms. The predicted molar refractivity (Wildman–Crippen MR) is 90.0 cm³/mol. The van der Waals surface area contributed by atoms with Gasteiger partial charge in [0.05, 0.1) is 6.54 Å². The molecule has 122 valence electrons. The fraction of sp³-hybridized carbons (Fsp3) is 0.647. The Bertz CT molecular complexity index is 508. The summed E-state index contributed by atoms with van der Waals surface area (Å²) in [6.45, 7) is 12.4. The third kappa shape index (κ3) is 3.40. The highest BCUT2D eigenvalue weighted by Crippen LogP contribution is 2.25. The highest BCUT2D eigenvalue weighted by Gasteiger charge is 2.32. The van der Waals surface area contributed by atoms with Gasteiger partial charge in [0.2, 0.25) is 5.91 Å². The summed E-state index contributed by atoms with van der Waals surface area (Å²) in [6.07, 6.45) is 1.96. The standard InChI is InChI=1S/C17H28N4O/c1-12-10-20(11-13(2)21(12)16(22)8-18)15-7-6-14(9-19-15)17(3,4)5/h6-7,9,12-13H,8,10-11,18H2,1-5H3/t12-,13+. The summed E-state index contributed by atoms with van der Waals surface area (Å²) in [6, 6.07) is 4.52. The van der Waals surface area contributed by atoms with Gasteiger partial charge in [-0.1, -0.05) is 26.8 Å². The zero-order chi connectivity index (χ0) is 16.5. The summed E-state index contributed by atoms with van der Waals surface area (Å²) in [5.74, 6) is 1.00. The molecular weight excluding hydrogens is 276 g/mol. The maximum absolute atomic E-state index is 12.0. The number of anilines is 1. The molecule has 22 heavy (non-hydrogen) atoms. The Balaban J connectivity index is 2.13. The van der Waals surface area contributed by atoms with Crippen LogP contribution in [0.5, 0.6) is 0 Å². The molecule has 2 heterocycles. The molecule has 5 nitrogen and oxygen atoms in total. The first-order chi connectivity index (χ1) is 10.2. The van der Waals surface area contributed by atoms with Crippen molar-refractivity contribution in [1.82, 2.24) is 9.88 Å². The summed E-state index contributed by atoms with van der Waals surface area (Å²) < 4.78 is 0. The van der Waals surface area contributed by atoms with Crippen LogP contribution in [-0.2, 0) is 10.2 Å². The summed E-state index contributed by atoms with van der Waals surface area (Å²) in [4.78, 5) is 20.7. The third-order valence-electron chi connectivity index (χ3n) is 4.32. The SMILES string of the molecule is C[C@@H]1CN(c2ccc(C(C)(C)C)cn2)C[C@H](C)N1C(=O)CN. The number of hydrogen-bond acceptors (Lipinski definition) is 4. The zero-order valence-corrected chi connectivity index (χ0v) is 14.3. The summed E-state index contributed by atoms with van der Waals surface area (Å²) in [7, 11) is 0. The number of aromatic nitrogens is 1. The molecule has 0 radical (unpaired) electrons. The first kappa shape index (κ1) is 16.7. The normalized spacial score (nSPS) is 22.8. The van der Waals surface area contributed by atoms with E-state index >= 15 is 0 Å². The van der Waals surface area contributed by atoms with Crippen molar-refractivity contribution < 1.29 is 4.79 Å². The van der Waals surface area contributed by atoms with E-state index in [-0.39, 0.29) is 30.0 Å². The molecule has 0 spiro atoms. The van der Waals surface area contributed by atoms with E-state index in [9.17, 15) is 4.79 Å². The molecule has 2 atom stereocenters. The van der Waals surface area contributed by atoms with Crippen molar-refractivity contribution in [3.63, 3.8) is 0 Å². The number of carbonyl (C=O) groups is 1. The molecule has 0 unspecified atom stereocenters. The van der Waals surface area contributed by atoms with Gasteiger partial charge in [0.1, 0.15) is 5.82 Å². The van der Waals surface area contributed by atoms with Crippen molar-refractivity contribution in [2.75, 3.05) is 24.5 Å². The van der Waals surface area contributed by atoms with Crippen LogP contribution in [0.1, 0.15) is 40.2 Å². The van der Waals surface area contributed by atoms with E-state index in [1.165, 1.54) is 5.56 Å². The van der Waals surface area contributed by atoms with Crippen LogP contribution in [0.3, 0.4) is 0 Å². The van der Waals surface area contributed by atoms with Crippen LogP contribution in [0, 0.1) is 0 Å². The van der Waals surface area contributed by atoms with Crippen molar-refractivity contribution in [3.8, 4) is 0 Å². The number of pyridine rings is 1. The van der Waals surface area contributed by atoms with Crippen LogP contribution in [0.2, 0.25) is 0 Å². The molecule has 0 aliphatic carbocycles. The van der Waals surface area contributed by atoms with Crippen molar-refractivity contribution >= 4 is 11.7 Å². The van der Waals surface area contributed by atoms with Crippen LogP contribution >= 0.6 is 0 Å². The maximum atomic E-state index is 12.0. The number of amides is 1. The highest BCUT2D eigenvalue weighted by atomic mass is 16.2. The molecule has 1 aliphatic rings. The Morgan fingerprint density at radius 1 is 1.27 bits per heavy atom. The maximum Gasteiger partial charge on any atom is 0.236 e. The van der Waals surface area contributed by atoms with E-state index in [4.69, 9.17) is 5.73 Å². The average molecular weight is 304 g/mol. The molecular formula is C17H28N4O. The van der Waals surface area contributed by atoms with Gasteiger partial charge in [0.15, 0.2) is 0 Å². The molecule has 0 aromatic carbocycles. The third-order valence-corrected chi connectivity index (χ3v) is 4.32. The molecule has 2 rings (SSSR count). The quantitative estimate of drug-likeness (QED) is 0.904. The monoisotopic (exact) mass is 304 g/mol. The Hall–Kier alpha value is -1.62. The van der Waals surface area contributed by atoms with Gasteiger partial charge in [-0.3, -0.25) is 4.79 Å². The molecule has 1 aromatic heterocycles. The van der Waals surface area contributed by atoms with Crippen molar-refractivity contribution in [3.05, 3.63) is 23.9 Å². The van der Waals surface area contributed by atoms with E-state index in [1.807, 2.05) is 11.1 Å². The summed E-state index contributed by atoms with van der Waals surface area (Å²) in [5.41, 5.74) is 6.85. The molecule has 1 saturated heterocycles. The van der Waals surface area contributed by atoms with Crippen LogP contribution in [0.25, 0.3) is 0 Å². The fourth-order valence-corrected chi connectivity index (χ4v) is 3.12. The molecule has 1 fully saturated rings. The second-order valence-corrected chi connectivity index (χ2v) is 7.26. The lowest BCUT2D eigenvalue weighted by Crippen LogP contribution is -2.60. The molecule has 1 aliphatic heterocycles. The van der Waals surface area contributed by atoms with Crippen molar-refractivity contribution in [2.45, 2.75) is 52.1 Å². The summed E-state index contributed by atoms with van der Waals surface area (Å²) in [5, 5.41) is 0. The Kier molecular flexibility index (Phi) is 4.75. The fourth-order valence-electron chi connectivity index (χ4n) is 3.12. The van der Waals surface area contributed by atoms with Gasteiger partial charge in [-0.25, -0.2) is 4.98 Å². The van der Waals surface area contributed by atoms with Crippen molar-refractivity contribution in [2.24, 2.45) is 5.73 Å². The number of hydrogen-bond donors (Lipinski definition) is 1. The van der Waals surface area contributed by atoms with Gasteiger partial charge >= 0.3 is 0 Å². The van der Waals surface area contributed by atoms with Crippen LogP contribution < -0.4 is 10.6 Å². The van der Waals surface area contributed by atoms with Gasteiger partial charge in [-0.15, -0.1) is 0 Å². The van der Waals surface area contributed by atoms with E-state index in [0.717, 1.165) is 18.9 Å². The lowest BCUT2D eigenvalue weighted by Gasteiger charge is -2.45. The van der Waals surface area contributed by atoms with E-state index in [1.54, 1.807) is 0 Å². The van der Waals surface area contributed by atoms with Gasteiger partial charge in [-0.05, 0) is 30.9 Å².